The number of benzene rings is 1. The predicted molar refractivity (Wildman–Crippen MR) is 65.2 cm³/mol. The van der Waals surface area contributed by atoms with Gasteiger partial charge in [0.25, 0.3) is 5.91 Å². The number of rotatable bonds is 4. The molecule has 1 aromatic carbocycles. The monoisotopic (exact) mass is 275 g/mol. The van der Waals surface area contributed by atoms with E-state index in [9.17, 15) is 18.0 Å². The lowest BCUT2D eigenvalue weighted by molar-refractivity contribution is -0.137. The zero-order valence-corrected chi connectivity index (χ0v) is 11.0. The van der Waals surface area contributed by atoms with E-state index in [1.165, 1.54) is 18.1 Å². The fourth-order valence-corrected chi connectivity index (χ4v) is 1.73. The number of carbonyl (C=O) groups is 1. The third kappa shape index (κ3) is 3.39. The average Bonchev–Trinajstić information content (AvgIpc) is 2.38. The molecular formula is C13H16F3NO2. The van der Waals surface area contributed by atoms with Crippen LogP contribution >= 0.6 is 0 Å². The van der Waals surface area contributed by atoms with Crippen molar-refractivity contribution in [1.82, 2.24) is 4.90 Å². The van der Waals surface area contributed by atoms with Crippen LogP contribution in [-0.2, 0) is 6.18 Å². The summed E-state index contributed by atoms with van der Waals surface area (Å²) in [6.07, 6.45) is -4.48. The van der Waals surface area contributed by atoms with Gasteiger partial charge in [-0.25, -0.2) is 0 Å². The third-order valence-corrected chi connectivity index (χ3v) is 2.81. The largest absolute Gasteiger partial charge is 0.496 e. The van der Waals surface area contributed by atoms with Crippen molar-refractivity contribution < 1.29 is 22.7 Å². The Morgan fingerprint density at radius 1 is 1.26 bits per heavy atom. The van der Waals surface area contributed by atoms with Crippen molar-refractivity contribution >= 4 is 5.91 Å². The Bertz CT molecular complexity index is 454. The van der Waals surface area contributed by atoms with Crippen molar-refractivity contribution in [2.24, 2.45) is 0 Å². The summed E-state index contributed by atoms with van der Waals surface area (Å²) in [6.45, 7) is 4.38. The third-order valence-electron chi connectivity index (χ3n) is 2.81. The van der Waals surface area contributed by atoms with Crippen LogP contribution in [0, 0.1) is 0 Å². The molecule has 0 heterocycles. The molecule has 0 aliphatic rings. The molecule has 0 fully saturated rings. The van der Waals surface area contributed by atoms with Crippen LogP contribution in [0.25, 0.3) is 0 Å². The molecule has 1 aromatic rings. The zero-order chi connectivity index (χ0) is 14.6. The molecule has 0 spiro atoms. The minimum atomic E-state index is -4.48. The summed E-state index contributed by atoms with van der Waals surface area (Å²) in [5.41, 5.74) is -0.926. The minimum Gasteiger partial charge on any atom is -0.496 e. The topological polar surface area (TPSA) is 29.5 Å². The molecule has 0 saturated heterocycles. The van der Waals surface area contributed by atoms with E-state index in [0.29, 0.717) is 13.1 Å². The van der Waals surface area contributed by atoms with Crippen LogP contribution in [0.3, 0.4) is 0 Å². The Kier molecular flexibility index (Phi) is 4.80. The van der Waals surface area contributed by atoms with Crippen LogP contribution < -0.4 is 4.74 Å². The van der Waals surface area contributed by atoms with Gasteiger partial charge >= 0.3 is 6.18 Å². The molecule has 3 nitrogen and oxygen atoms in total. The van der Waals surface area contributed by atoms with Gasteiger partial charge in [-0.05, 0) is 32.0 Å². The van der Waals surface area contributed by atoms with Gasteiger partial charge in [0.1, 0.15) is 5.75 Å². The first-order valence-electron chi connectivity index (χ1n) is 5.89. The molecule has 0 aliphatic carbocycles. The highest BCUT2D eigenvalue weighted by molar-refractivity contribution is 5.97. The number of carbonyl (C=O) groups excluding carboxylic acids is 1. The van der Waals surface area contributed by atoms with Gasteiger partial charge in [-0.3, -0.25) is 4.79 Å². The lowest BCUT2D eigenvalue weighted by Gasteiger charge is -2.20. The van der Waals surface area contributed by atoms with E-state index in [1.807, 2.05) is 0 Å². The summed E-state index contributed by atoms with van der Waals surface area (Å²) in [5.74, 6) is -0.321. The number of hydrogen-bond donors (Lipinski definition) is 0. The Morgan fingerprint density at radius 2 is 1.84 bits per heavy atom. The first-order chi connectivity index (χ1) is 8.85. The van der Waals surface area contributed by atoms with Gasteiger partial charge in [0.15, 0.2) is 0 Å². The van der Waals surface area contributed by atoms with Crippen LogP contribution in [0.15, 0.2) is 18.2 Å². The van der Waals surface area contributed by atoms with Crippen LogP contribution in [-0.4, -0.2) is 31.0 Å². The SMILES string of the molecule is CCN(CC)C(=O)c1cc(C(F)(F)F)ccc1OC. The summed E-state index contributed by atoms with van der Waals surface area (Å²) in [6, 6.07) is 2.90. The molecule has 0 radical (unpaired) electrons. The molecule has 0 unspecified atom stereocenters. The van der Waals surface area contributed by atoms with Gasteiger partial charge in [0.2, 0.25) is 0 Å². The summed E-state index contributed by atoms with van der Waals surface area (Å²) in [7, 11) is 1.32. The molecule has 6 heteroatoms. The number of alkyl halides is 3. The lowest BCUT2D eigenvalue weighted by Crippen LogP contribution is -2.31. The van der Waals surface area contributed by atoms with E-state index in [4.69, 9.17) is 4.74 Å². The number of halogens is 3. The summed E-state index contributed by atoms with van der Waals surface area (Å²) < 4.78 is 43.0. The van der Waals surface area contributed by atoms with Gasteiger partial charge in [0.05, 0.1) is 18.2 Å². The van der Waals surface area contributed by atoms with Gasteiger partial charge in [-0.15, -0.1) is 0 Å². The maximum atomic E-state index is 12.7. The molecule has 106 valence electrons. The minimum absolute atomic E-state index is 0.0685. The Labute approximate surface area is 110 Å². The average molecular weight is 275 g/mol. The quantitative estimate of drug-likeness (QED) is 0.844. The Balaban J connectivity index is 3.27. The molecule has 0 N–H and O–H groups in total. The summed E-state index contributed by atoms with van der Waals surface area (Å²) >= 11 is 0. The first kappa shape index (κ1) is 15.3. The van der Waals surface area contributed by atoms with Gasteiger partial charge < -0.3 is 9.64 Å². The van der Waals surface area contributed by atoms with Crippen molar-refractivity contribution in [1.29, 1.82) is 0 Å². The Morgan fingerprint density at radius 3 is 2.26 bits per heavy atom. The van der Waals surface area contributed by atoms with E-state index in [2.05, 4.69) is 0 Å². The predicted octanol–water partition coefficient (Wildman–Crippen LogP) is 3.20. The fraction of sp³-hybridized carbons (Fsp3) is 0.462. The van der Waals surface area contributed by atoms with Crippen LogP contribution in [0.2, 0.25) is 0 Å². The van der Waals surface area contributed by atoms with Crippen molar-refractivity contribution in [3.05, 3.63) is 29.3 Å². The second-order valence-corrected chi connectivity index (χ2v) is 3.89. The molecule has 1 rings (SSSR count). The first-order valence-corrected chi connectivity index (χ1v) is 5.89. The van der Waals surface area contributed by atoms with E-state index in [0.717, 1.165) is 12.1 Å². The number of methoxy groups -OCH3 is 1. The normalized spacial score (nSPS) is 11.3. The molecule has 0 bridgehead atoms. The van der Waals surface area contributed by atoms with Crippen molar-refractivity contribution in [2.45, 2.75) is 20.0 Å². The molecule has 0 saturated carbocycles. The molecule has 0 aromatic heterocycles. The summed E-state index contributed by atoms with van der Waals surface area (Å²) in [5, 5.41) is 0. The number of nitrogens with zero attached hydrogens (tertiary/aromatic N) is 1. The number of amides is 1. The van der Waals surface area contributed by atoms with E-state index in [-0.39, 0.29) is 11.3 Å². The fourth-order valence-electron chi connectivity index (χ4n) is 1.73. The molecule has 0 aliphatic heterocycles. The standard InChI is InChI=1S/C13H16F3NO2/c1-4-17(5-2)12(18)10-8-9(13(14,15)16)6-7-11(10)19-3/h6-8H,4-5H2,1-3H3. The van der Waals surface area contributed by atoms with Crippen molar-refractivity contribution in [3.63, 3.8) is 0 Å². The lowest BCUT2D eigenvalue weighted by atomic mass is 10.1. The van der Waals surface area contributed by atoms with Gasteiger partial charge in [-0.1, -0.05) is 0 Å². The second-order valence-electron chi connectivity index (χ2n) is 3.89. The molecule has 0 atom stereocenters. The van der Waals surface area contributed by atoms with Crippen molar-refractivity contribution in [3.8, 4) is 5.75 Å². The molecule has 19 heavy (non-hydrogen) atoms. The van der Waals surface area contributed by atoms with Crippen LogP contribution in [0.4, 0.5) is 13.2 Å². The number of hydrogen-bond acceptors (Lipinski definition) is 2. The highest BCUT2D eigenvalue weighted by Gasteiger charge is 2.32. The number of ether oxygens (including phenoxy) is 1. The Hall–Kier alpha value is -1.72. The van der Waals surface area contributed by atoms with Gasteiger partial charge in [0, 0.05) is 13.1 Å². The molecular weight excluding hydrogens is 259 g/mol. The van der Waals surface area contributed by atoms with Gasteiger partial charge in [-0.2, -0.15) is 13.2 Å². The zero-order valence-electron chi connectivity index (χ0n) is 11.0. The van der Waals surface area contributed by atoms with Crippen LogP contribution in [0.1, 0.15) is 29.8 Å². The summed E-state index contributed by atoms with van der Waals surface area (Å²) in [4.78, 5) is 13.6. The maximum Gasteiger partial charge on any atom is 0.416 e. The van der Waals surface area contributed by atoms with E-state index in [1.54, 1.807) is 13.8 Å². The molecule has 1 amide bonds. The van der Waals surface area contributed by atoms with Crippen LogP contribution in [0.5, 0.6) is 5.75 Å². The maximum absolute atomic E-state index is 12.7. The highest BCUT2D eigenvalue weighted by Crippen LogP contribution is 2.32. The smallest absolute Gasteiger partial charge is 0.416 e. The van der Waals surface area contributed by atoms with Crippen molar-refractivity contribution in [2.75, 3.05) is 20.2 Å². The highest BCUT2D eigenvalue weighted by atomic mass is 19.4. The van der Waals surface area contributed by atoms with E-state index < -0.39 is 17.6 Å². The van der Waals surface area contributed by atoms with E-state index >= 15 is 0 Å². The second kappa shape index (κ2) is 5.95.